The maximum absolute atomic E-state index is 5.65. The number of nitrogens with two attached hydrogens (primary N) is 1. The number of likely N-dealkylation sites (tertiary alicyclic amines) is 1. The van der Waals surface area contributed by atoms with Crippen molar-refractivity contribution in [3.63, 3.8) is 0 Å². The lowest BCUT2D eigenvalue weighted by atomic mass is 10.1. The third-order valence-corrected chi connectivity index (χ3v) is 3.06. The van der Waals surface area contributed by atoms with E-state index in [9.17, 15) is 0 Å². The molecule has 1 heterocycles. The van der Waals surface area contributed by atoms with Gasteiger partial charge in [0.25, 0.3) is 0 Å². The Hall–Kier alpha value is -0.0800. The molecule has 1 aliphatic heterocycles. The van der Waals surface area contributed by atoms with E-state index in [1.165, 1.54) is 25.8 Å². The maximum Gasteiger partial charge on any atom is 0.00993 e. The lowest BCUT2D eigenvalue weighted by Crippen LogP contribution is -2.29. The molecule has 2 N–H and O–H groups in total. The van der Waals surface area contributed by atoms with Crippen LogP contribution in [0.2, 0.25) is 0 Å². The van der Waals surface area contributed by atoms with Crippen molar-refractivity contribution in [2.45, 2.75) is 38.3 Å². The van der Waals surface area contributed by atoms with Crippen molar-refractivity contribution < 1.29 is 0 Å². The second-order valence-corrected chi connectivity index (χ2v) is 4.11. The highest BCUT2D eigenvalue weighted by atomic mass is 15.2. The molecule has 0 amide bonds. The van der Waals surface area contributed by atoms with Gasteiger partial charge in [-0.15, -0.1) is 0 Å². The van der Waals surface area contributed by atoms with Crippen LogP contribution in [0.3, 0.4) is 0 Å². The molecule has 1 saturated carbocycles. The minimum atomic E-state index is 0.783. The van der Waals surface area contributed by atoms with Gasteiger partial charge in [0.2, 0.25) is 0 Å². The Balaban J connectivity index is 1.90. The SMILES string of the molecule is CC1CC(CN)CN1C1CC1. The summed E-state index contributed by atoms with van der Waals surface area (Å²) >= 11 is 0. The second-order valence-electron chi connectivity index (χ2n) is 4.11. The number of rotatable bonds is 2. The monoisotopic (exact) mass is 154 g/mol. The van der Waals surface area contributed by atoms with Gasteiger partial charge in [0.05, 0.1) is 0 Å². The van der Waals surface area contributed by atoms with Gasteiger partial charge in [0.1, 0.15) is 0 Å². The Morgan fingerprint density at radius 3 is 2.64 bits per heavy atom. The predicted molar refractivity (Wildman–Crippen MR) is 46.4 cm³/mol. The molecule has 2 nitrogen and oxygen atoms in total. The summed E-state index contributed by atoms with van der Waals surface area (Å²) in [5.41, 5.74) is 5.65. The summed E-state index contributed by atoms with van der Waals surface area (Å²) in [7, 11) is 0. The fourth-order valence-electron chi connectivity index (χ4n) is 2.26. The van der Waals surface area contributed by atoms with E-state index in [1.807, 2.05) is 0 Å². The van der Waals surface area contributed by atoms with Gasteiger partial charge in [-0.3, -0.25) is 4.90 Å². The van der Waals surface area contributed by atoms with Crippen LogP contribution in [0.25, 0.3) is 0 Å². The van der Waals surface area contributed by atoms with E-state index in [0.717, 1.165) is 24.5 Å². The van der Waals surface area contributed by atoms with Gasteiger partial charge in [-0.05, 0) is 38.6 Å². The minimum Gasteiger partial charge on any atom is -0.330 e. The molecule has 1 aliphatic carbocycles. The normalized spacial score (nSPS) is 39.8. The largest absolute Gasteiger partial charge is 0.330 e. The molecule has 2 unspecified atom stereocenters. The molecule has 11 heavy (non-hydrogen) atoms. The third-order valence-electron chi connectivity index (χ3n) is 3.06. The quantitative estimate of drug-likeness (QED) is 0.638. The Labute approximate surface area is 68.7 Å². The Morgan fingerprint density at radius 1 is 1.45 bits per heavy atom. The second kappa shape index (κ2) is 2.76. The van der Waals surface area contributed by atoms with Crippen molar-refractivity contribution >= 4 is 0 Å². The molecular formula is C9H18N2. The molecule has 64 valence electrons. The van der Waals surface area contributed by atoms with E-state index in [2.05, 4.69) is 11.8 Å². The smallest absolute Gasteiger partial charge is 0.00993 e. The van der Waals surface area contributed by atoms with Crippen molar-refractivity contribution in [1.82, 2.24) is 4.90 Å². The third kappa shape index (κ3) is 1.42. The highest BCUT2D eigenvalue weighted by Crippen LogP contribution is 2.34. The summed E-state index contributed by atoms with van der Waals surface area (Å²) in [5, 5.41) is 0. The van der Waals surface area contributed by atoms with Crippen LogP contribution in [-0.4, -0.2) is 30.1 Å². The van der Waals surface area contributed by atoms with Gasteiger partial charge >= 0.3 is 0 Å². The van der Waals surface area contributed by atoms with Gasteiger partial charge in [-0.1, -0.05) is 0 Å². The fourth-order valence-corrected chi connectivity index (χ4v) is 2.26. The predicted octanol–water partition coefficient (Wildman–Crippen LogP) is 0.818. The first-order valence-electron chi connectivity index (χ1n) is 4.77. The maximum atomic E-state index is 5.65. The molecule has 0 aromatic rings. The van der Waals surface area contributed by atoms with E-state index in [-0.39, 0.29) is 0 Å². The Kier molecular flexibility index (Phi) is 1.90. The summed E-state index contributed by atoms with van der Waals surface area (Å²) in [6, 6.07) is 1.73. The summed E-state index contributed by atoms with van der Waals surface area (Å²) < 4.78 is 0. The van der Waals surface area contributed by atoms with Crippen LogP contribution in [0, 0.1) is 5.92 Å². The fraction of sp³-hybridized carbons (Fsp3) is 1.00. The molecule has 2 fully saturated rings. The molecule has 2 aliphatic rings. The first-order chi connectivity index (χ1) is 5.31. The molecule has 0 aromatic heterocycles. The lowest BCUT2D eigenvalue weighted by Gasteiger charge is -2.19. The number of nitrogens with zero attached hydrogens (tertiary/aromatic N) is 1. The zero-order chi connectivity index (χ0) is 7.84. The molecule has 0 bridgehead atoms. The minimum absolute atomic E-state index is 0.783. The first kappa shape index (κ1) is 7.56. The molecule has 1 saturated heterocycles. The van der Waals surface area contributed by atoms with Crippen LogP contribution in [0.1, 0.15) is 26.2 Å². The highest BCUT2D eigenvalue weighted by molar-refractivity contribution is 4.93. The van der Waals surface area contributed by atoms with Crippen LogP contribution in [-0.2, 0) is 0 Å². The van der Waals surface area contributed by atoms with Gasteiger partial charge in [0.15, 0.2) is 0 Å². The first-order valence-corrected chi connectivity index (χ1v) is 4.77. The van der Waals surface area contributed by atoms with Crippen molar-refractivity contribution in [1.29, 1.82) is 0 Å². The van der Waals surface area contributed by atoms with Crippen molar-refractivity contribution in [3.05, 3.63) is 0 Å². The summed E-state index contributed by atoms with van der Waals surface area (Å²) in [6.45, 7) is 4.49. The highest BCUT2D eigenvalue weighted by Gasteiger charge is 2.37. The molecule has 0 aromatic carbocycles. The van der Waals surface area contributed by atoms with E-state index in [4.69, 9.17) is 5.73 Å². The van der Waals surface area contributed by atoms with Crippen LogP contribution < -0.4 is 5.73 Å². The number of hydrogen-bond donors (Lipinski definition) is 1. The van der Waals surface area contributed by atoms with E-state index in [0.29, 0.717) is 0 Å². The van der Waals surface area contributed by atoms with Crippen LogP contribution in [0.4, 0.5) is 0 Å². The Bertz CT molecular complexity index is 142. The zero-order valence-electron chi connectivity index (χ0n) is 7.29. The number of hydrogen-bond acceptors (Lipinski definition) is 2. The summed E-state index contributed by atoms with van der Waals surface area (Å²) in [6.07, 6.45) is 4.19. The van der Waals surface area contributed by atoms with Crippen LogP contribution in [0.15, 0.2) is 0 Å². The van der Waals surface area contributed by atoms with Crippen molar-refractivity contribution in [2.75, 3.05) is 13.1 Å². The molecular weight excluding hydrogens is 136 g/mol. The van der Waals surface area contributed by atoms with Crippen LogP contribution >= 0.6 is 0 Å². The average Bonchev–Trinajstić information content (AvgIpc) is 2.76. The lowest BCUT2D eigenvalue weighted by molar-refractivity contribution is 0.254. The van der Waals surface area contributed by atoms with Gasteiger partial charge in [-0.2, -0.15) is 0 Å². The van der Waals surface area contributed by atoms with E-state index >= 15 is 0 Å². The standard InChI is InChI=1S/C9H18N2/c1-7-4-8(5-10)6-11(7)9-2-3-9/h7-9H,2-6,10H2,1H3. The molecule has 2 rings (SSSR count). The van der Waals surface area contributed by atoms with Crippen molar-refractivity contribution in [3.8, 4) is 0 Å². The van der Waals surface area contributed by atoms with E-state index < -0.39 is 0 Å². The van der Waals surface area contributed by atoms with Gasteiger partial charge in [0, 0.05) is 18.6 Å². The summed E-state index contributed by atoms with van der Waals surface area (Å²) in [4.78, 5) is 2.65. The van der Waals surface area contributed by atoms with Gasteiger partial charge < -0.3 is 5.73 Å². The molecule has 0 radical (unpaired) electrons. The zero-order valence-corrected chi connectivity index (χ0v) is 7.29. The summed E-state index contributed by atoms with van der Waals surface area (Å²) in [5.74, 6) is 0.783. The molecule has 2 atom stereocenters. The van der Waals surface area contributed by atoms with Crippen molar-refractivity contribution in [2.24, 2.45) is 11.7 Å². The topological polar surface area (TPSA) is 29.3 Å². The van der Waals surface area contributed by atoms with Crippen LogP contribution in [0.5, 0.6) is 0 Å². The Morgan fingerprint density at radius 2 is 2.18 bits per heavy atom. The van der Waals surface area contributed by atoms with Gasteiger partial charge in [-0.25, -0.2) is 0 Å². The molecule has 2 heteroatoms. The average molecular weight is 154 g/mol. The van der Waals surface area contributed by atoms with E-state index in [1.54, 1.807) is 0 Å². The molecule has 0 spiro atoms.